The van der Waals surface area contributed by atoms with Crippen LogP contribution in [-0.4, -0.2) is 26.6 Å². The fourth-order valence-electron chi connectivity index (χ4n) is 2.93. The summed E-state index contributed by atoms with van der Waals surface area (Å²) in [6, 6.07) is 8.18. The summed E-state index contributed by atoms with van der Waals surface area (Å²) < 4.78 is 0. The number of fused-ring (bicyclic) bond motifs is 1. The minimum absolute atomic E-state index is 0.0384. The first-order chi connectivity index (χ1) is 13.1. The Bertz CT molecular complexity index is 1100. The van der Waals surface area contributed by atoms with E-state index in [4.69, 9.17) is 0 Å². The first-order valence-electron chi connectivity index (χ1n) is 8.42. The number of para-hydroxylation sites is 1. The van der Waals surface area contributed by atoms with Crippen LogP contribution < -0.4 is 5.32 Å². The highest BCUT2D eigenvalue weighted by Crippen LogP contribution is 2.33. The molecule has 0 radical (unpaired) electrons. The van der Waals surface area contributed by atoms with Gasteiger partial charge in [-0.15, -0.1) is 34.4 Å². The van der Waals surface area contributed by atoms with Crippen molar-refractivity contribution in [2.75, 3.05) is 11.1 Å². The molecule has 0 bridgehead atoms. The lowest BCUT2D eigenvalue weighted by molar-refractivity contribution is -0.113. The molecule has 3 heterocycles. The molecule has 0 aliphatic rings. The summed E-state index contributed by atoms with van der Waals surface area (Å²) in [6.07, 6.45) is 0. The average molecular weight is 415 g/mol. The lowest BCUT2D eigenvalue weighted by atomic mass is 10.1. The zero-order valence-electron chi connectivity index (χ0n) is 14.9. The maximum Gasteiger partial charge on any atom is 0.236 e. The van der Waals surface area contributed by atoms with Crippen molar-refractivity contribution in [1.29, 1.82) is 0 Å². The quantitative estimate of drug-likeness (QED) is 0.453. The van der Waals surface area contributed by atoms with Crippen molar-refractivity contribution in [2.24, 2.45) is 0 Å². The summed E-state index contributed by atoms with van der Waals surface area (Å²) >= 11 is 4.64. The number of aromatic amines is 1. The number of nitrogens with zero attached hydrogens (tertiary/aromatic N) is 2. The van der Waals surface area contributed by atoms with Crippen LogP contribution in [0, 0.1) is 13.8 Å². The normalized spacial score (nSPS) is 11.2. The van der Waals surface area contributed by atoms with Crippen LogP contribution in [0.15, 0.2) is 35.0 Å². The van der Waals surface area contributed by atoms with Crippen molar-refractivity contribution in [1.82, 2.24) is 15.0 Å². The highest BCUT2D eigenvalue weighted by Gasteiger charge is 2.14. The van der Waals surface area contributed by atoms with Crippen molar-refractivity contribution in [2.45, 2.75) is 19.6 Å². The number of carbonyl (C=O) groups is 1. The van der Waals surface area contributed by atoms with Gasteiger partial charge in [0.15, 0.2) is 5.13 Å². The van der Waals surface area contributed by atoms with E-state index < -0.39 is 0 Å². The Morgan fingerprint density at radius 3 is 2.85 bits per heavy atom. The van der Waals surface area contributed by atoms with E-state index in [1.165, 1.54) is 11.3 Å². The van der Waals surface area contributed by atoms with Crippen LogP contribution in [0.25, 0.3) is 22.2 Å². The van der Waals surface area contributed by atoms with Crippen LogP contribution in [0.1, 0.15) is 16.4 Å². The third-order valence-corrected chi connectivity index (χ3v) is 6.60. The minimum atomic E-state index is -0.0384. The molecule has 1 aromatic carbocycles. The number of hydrogen-bond donors (Lipinski definition) is 2. The van der Waals surface area contributed by atoms with Gasteiger partial charge in [0, 0.05) is 38.7 Å². The molecule has 3 aromatic heterocycles. The summed E-state index contributed by atoms with van der Waals surface area (Å²) in [5.74, 6) is 1.09. The molecule has 27 heavy (non-hydrogen) atoms. The molecule has 4 aromatic rings. The van der Waals surface area contributed by atoms with E-state index in [0.717, 1.165) is 44.3 Å². The lowest BCUT2D eigenvalue weighted by Gasteiger charge is -2.01. The molecule has 0 aliphatic heterocycles. The van der Waals surface area contributed by atoms with Crippen LogP contribution in [0.3, 0.4) is 0 Å². The van der Waals surface area contributed by atoms with Crippen molar-refractivity contribution in [3.05, 3.63) is 51.4 Å². The highest BCUT2D eigenvalue weighted by molar-refractivity contribution is 7.99. The van der Waals surface area contributed by atoms with Crippen LogP contribution in [0.5, 0.6) is 0 Å². The molecule has 8 heteroatoms. The number of nitrogens with one attached hydrogen (secondary N) is 2. The summed E-state index contributed by atoms with van der Waals surface area (Å²) in [5, 5.41) is 9.76. The zero-order chi connectivity index (χ0) is 18.8. The Morgan fingerprint density at radius 2 is 2.04 bits per heavy atom. The van der Waals surface area contributed by atoms with Gasteiger partial charge in [-0.3, -0.25) is 4.79 Å². The molecular formula is C19H18N4OS3. The van der Waals surface area contributed by atoms with Gasteiger partial charge in [0.05, 0.1) is 22.1 Å². The number of rotatable bonds is 6. The lowest BCUT2D eigenvalue weighted by Crippen LogP contribution is -2.14. The Balaban J connectivity index is 1.40. The van der Waals surface area contributed by atoms with E-state index in [9.17, 15) is 4.79 Å². The molecule has 0 aliphatic carbocycles. The Labute approximate surface area is 169 Å². The second-order valence-electron chi connectivity index (χ2n) is 6.11. The first kappa shape index (κ1) is 18.2. The number of hydrogen-bond acceptors (Lipinski definition) is 6. The Kier molecular flexibility index (Phi) is 5.29. The largest absolute Gasteiger partial charge is 0.358 e. The molecule has 5 nitrogen and oxygen atoms in total. The summed E-state index contributed by atoms with van der Waals surface area (Å²) in [6.45, 7) is 4.03. The predicted octanol–water partition coefficient (Wildman–Crippen LogP) is 5.24. The standard InChI is InChI=1S/C19H18N4OS3/c1-11-18(14-5-3-4-6-15(14)20-11)16-9-27-19(22-16)23-17(24)10-25-7-13-8-26-12(2)21-13/h3-6,8-9,20H,7,10H2,1-2H3,(H,22,23,24). The topological polar surface area (TPSA) is 70.7 Å². The number of amides is 1. The molecule has 0 saturated carbocycles. The number of benzene rings is 1. The van der Waals surface area contributed by atoms with Crippen molar-refractivity contribution < 1.29 is 4.79 Å². The summed E-state index contributed by atoms with van der Waals surface area (Å²) in [5.41, 5.74) is 5.18. The maximum absolute atomic E-state index is 12.2. The summed E-state index contributed by atoms with van der Waals surface area (Å²) in [7, 11) is 0. The fourth-order valence-corrected chi connectivity index (χ4v) is 5.08. The molecule has 0 spiro atoms. The van der Waals surface area contributed by atoms with Gasteiger partial charge >= 0.3 is 0 Å². The van der Waals surface area contributed by atoms with Gasteiger partial charge in [-0.05, 0) is 19.9 Å². The molecule has 138 valence electrons. The SMILES string of the molecule is Cc1nc(CSCC(=O)Nc2nc(-c3c(C)[nH]c4ccccc34)cs2)cs1. The Hall–Kier alpha value is -2.16. The minimum Gasteiger partial charge on any atom is -0.358 e. The number of H-pyrrole nitrogens is 1. The summed E-state index contributed by atoms with van der Waals surface area (Å²) in [4.78, 5) is 24.6. The molecule has 0 saturated heterocycles. The number of anilines is 1. The second kappa shape index (κ2) is 7.84. The zero-order valence-corrected chi connectivity index (χ0v) is 17.4. The number of aryl methyl sites for hydroxylation is 2. The molecule has 1 amide bonds. The number of thiazole rings is 2. The van der Waals surface area contributed by atoms with Gasteiger partial charge in [0.25, 0.3) is 0 Å². The maximum atomic E-state index is 12.2. The molecule has 0 atom stereocenters. The van der Waals surface area contributed by atoms with Gasteiger partial charge < -0.3 is 10.3 Å². The van der Waals surface area contributed by atoms with Crippen molar-refractivity contribution in [3.8, 4) is 11.3 Å². The molecule has 0 unspecified atom stereocenters. The number of aromatic nitrogens is 3. The van der Waals surface area contributed by atoms with Gasteiger partial charge in [0.2, 0.25) is 5.91 Å². The van der Waals surface area contributed by atoms with E-state index in [1.807, 2.05) is 36.7 Å². The van der Waals surface area contributed by atoms with Crippen molar-refractivity contribution >= 4 is 56.4 Å². The van der Waals surface area contributed by atoms with Gasteiger partial charge in [-0.1, -0.05) is 18.2 Å². The van der Waals surface area contributed by atoms with Gasteiger partial charge in [-0.2, -0.15) is 0 Å². The third-order valence-electron chi connectivity index (χ3n) is 4.05. The van der Waals surface area contributed by atoms with Gasteiger partial charge in [-0.25, -0.2) is 9.97 Å². The van der Waals surface area contributed by atoms with E-state index >= 15 is 0 Å². The third kappa shape index (κ3) is 4.07. The van der Waals surface area contributed by atoms with E-state index in [0.29, 0.717) is 10.9 Å². The molecular weight excluding hydrogens is 396 g/mol. The second-order valence-corrected chi connectivity index (χ2v) is 9.01. The first-order valence-corrected chi connectivity index (χ1v) is 11.3. The van der Waals surface area contributed by atoms with Crippen molar-refractivity contribution in [3.63, 3.8) is 0 Å². The van der Waals surface area contributed by atoms with Crippen LogP contribution in [-0.2, 0) is 10.5 Å². The monoisotopic (exact) mass is 414 g/mol. The highest BCUT2D eigenvalue weighted by atomic mass is 32.2. The van der Waals surface area contributed by atoms with Gasteiger partial charge in [0.1, 0.15) is 0 Å². The fraction of sp³-hybridized carbons (Fsp3) is 0.211. The number of carbonyl (C=O) groups excluding carboxylic acids is 1. The molecule has 2 N–H and O–H groups in total. The smallest absolute Gasteiger partial charge is 0.236 e. The van der Waals surface area contributed by atoms with E-state index in [2.05, 4.69) is 32.4 Å². The van der Waals surface area contributed by atoms with Crippen LogP contribution in [0.2, 0.25) is 0 Å². The van der Waals surface area contributed by atoms with Crippen LogP contribution in [0.4, 0.5) is 5.13 Å². The molecule has 0 fully saturated rings. The Morgan fingerprint density at radius 1 is 1.19 bits per heavy atom. The average Bonchev–Trinajstić information content (AvgIpc) is 3.33. The van der Waals surface area contributed by atoms with E-state index in [-0.39, 0.29) is 5.91 Å². The van der Waals surface area contributed by atoms with Crippen LogP contribution >= 0.6 is 34.4 Å². The van der Waals surface area contributed by atoms with E-state index in [1.54, 1.807) is 23.1 Å². The predicted molar refractivity (Wildman–Crippen MR) is 116 cm³/mol. The number of thioether (sulfide) groups is 1. The molecule has 4 rings (SSSR count).